The van der Waals surface area contributed by atoms with E-state index in [4.69, 9.17) is 11.6 Å². The fraction of sp³-hybridized carbons (Fsp3) is 0.176. The van der Waals surface area contributed by atoms with E-state index in [-0.39, 0.29) is 12.3 Å². The van der Waals surface area contributed by atoms with Crippen LogP contribution in [0, 0.1) is 0 Å². The van der Waals surface area contributed by atoms with Gasteiger partial charge in [-0.15, -0.1) is 11.3 Å². The predicted molar refractivity (Wildman–Crippen MR) is 104 cm³/mol. The number of carbonyl (C=O) groups is 1. The molecule has 2 heterocycles. The van der Waals surface area contributed by atoms with Crippen molar-refractivity contribution < 1.29 is 4.79 Å². The largest absolute Gasteiger partial charge is 0.376 e. The van der Waals surface area contributed by atoms with E-state index in [0.717, 1.165) is 22.0 Å². The van der Waals surface area contributed by atoms with Crippen LogP contribution in [0.3, 0.4) is 0 Å². The van der Waals surface area contributed by atoms with Gasteiger partial charge in [-0.2, -0.15) is 11.3 Å². The van der Waals surface area contributed by atoms with Crippen LogP contribution < -0.4 is 10.2 Å². The Morgan fingerprint density at radius 3 is 2.79 bits per heavy atom. The first kappa shape index (κ1) is 17.0. The van der Waals surface area contributed by atoms with Gasteiger partial charge in [0.1, 0.15) is 5.01 Å². The average Bonchev–Trinajstić information content (AvgIpc) is 3.17. The number of nitrogens with zero attached hydrogens (tertiary/aromatic N) is 2. The van der Waals surface area contributed by atoms with Gasteiger partial charge in [0.05, 0.1) is 22.8 Å². The quantitative estimate of drug-likeness (QED) is 0.696. The summed E-state index contributed by atoms with van der Waals surface area (Å²) in [6.07, 6.45) is 0.244. The summed E-state index contributed by atoms with van der Waals surface area (Å²) in [5, 5.41) is 10.4. The summed E-state index contributed by atoms with van der Waals surface area (Å²) in [7, 11) is 3.85. The van der Waals surface area contributed by atoms with Crippen LogP contribution in [0.5, 0.6) is 0 Å². The Balaban J connectivity index is 1.65. The highest BCUT2D eigenvalue weighted by molar-refractivity contribution is 7.14. The molecule has 0 aliphatic heterocycles. The first-order valence-corrected chi connectivity index (χ1v) is 9.46. The maximum atomic E-state index is 12.2. The Hall–Kier alpha value is -1.89. The summed E-state index contributed by atoms with van der Waals surface area (Å²) in [5.41, 5.74) is 3.47. The molecule has 0 saturated carbocycles. The van der Waals surface area contributed by atoms with Gasteiger partial charge in [-0.3, -0.25) is 4.79 Å². The molecule has 1 N–H and O–H groups in total. The number of rotatable bonds is 5. The number of carbonyl (C=O) groups excluding carboxylic acids is 1. The number of aromatic nitrogens is 1. The molecule has 0 aliphatic carbocycles. The molecule has 1 amide bonds. The van der Waals surface area contributed by atoms with Gasteiger partial charge in [-0.25, -0.2) is 4.98 Å². The van der Waals surface area contributed by atoms with Gasteiger partial charge < -0.3 is 10.2 Å². The number of hydrogen-bond acceptors (Lipinski definition) is 5. The summed E-state index contributed by atoms with van der Waals surface area (Å²) >= 11 is 9.41. The number of anilines is 2. The van der Waals surface area contributed by atoms with E-state index < -0.39 is 0 Å². The number of nitrogens with one attached hydrogen (secondary N) is 1. The van der Waals surface area contributed by atoms with Crippen LogP contribution in [-0.2, 0) is 11.2 Å². The minimum absolute atomic E-state index is 0.106. The van der Waals surface area contributed by atoms with Crippen LogP contribution in [0.4, 0.5) is 11.4 Å². The van der Waals surface area contributed by atoms with E-state index in [0.29, 0.717) is 10.7 Å². The number of halogens is 1. The van der Waals surface area contributed by atoms with Gasteiger partial charge in [0.2, 0.25) is 5.91 Å². The van der Waals surface area contributed by atoms with Crippen LogP contribution in [0.25, 0.3) is 10.6 Å². The first-order chi connectivity index (χ1) is 11.5. The van der Waals surface area contributed by atoms with E-state index in [1.807, 2.05) is 48.0 Å². The van der Waals surface area contributed by atoms with Crippen molar-refractivity contribution in [2.75, 3.05) is 24.3 Å². The molecule has 3 aromatic rings. The van der Waals surface area contributed by atoms with Crippen molar-refractivity contribution in [2.45, 2.75) is 6.42 Å². The molecular weight excluding hydrogens is 362 g/mol. The second-order valence-electron chi connectivity index (χ2n) is 5.44. The van der Waals surface area contributed by atoms with Crippen LogP contribution >= 0.6 is 34.3 Å². The molecular formula is C17H16ClN3OS2. The predicted octanol–water partition coefficient (Wildman–Crippen LogP) is 4.77. The molecule has 0 unspecified atom stereocenters. The Morgan fingerprint density at radius 2 is 2.12 bits per heavy atom. The summed E-state index contributed by atoms with van der Waals surface area (Å²) in [6.45, 7) is 0. The molecule has 24 heavy (non-hydrogen) atoms. The third kappa shape index (κ3) is 3.95. The number of thiazole rings is 1. The van der Waals surface area contributed by atoms with Gasteiger partial charge in [0, 0.05) is 36.1 Å². The monoisotopic (exact) mass is 377 g/mol. The lowest BCUT2D eigenvalue weighted by Crippen LogP contribution is -2.15. The molecule has 124 valence electrons. The second-order valence-corrected chi connectivity index (χ2v) is 7.49. The maximum absolute atomic E-state index is 12.2. The third-order valence-electron chi connectivity index (χ3n) is 3.37. The molecule has 7 heteroatoms. The zero-order valence-electron chi connectivity index (χ0n) is 13.2. The Bertz CT molecular complexity index is 843. The number of hydrogen-bond donors (Lipinski definition) is 1. The Labute approximate surface area is 153 Å². The first-order valence-electron chi connectivity index (χ1n) is 7.26. The third-order valence-corrected chi connectivity index (χ3v) is 5.30. The van der Waals surface area contributed by atoms with Crippen molar-refractivity contribution in [1.82, 2.24) is 4.98 Å². The molecule has 0 aliphatic rings. The Kier molecular flexibility index (Phi) is 5.18. The summed E-state index contributed by atoms with van der Waals surface area (Å²) < 4.78 is 0. The van der Waals surface area contributed by atoms with Crippen molar-refractivity contribution >= 4 is 51.6 Å². The van der Waals surface area contributed by atoms with Gasteiger partial charge in [-0.1, -0.05) is 11.6 Å². The van der Waals surface area contributed by atoms with E-state index in [1.54, 1.807) is 28.7 Å². The summed E-state index contributed by atoms with van der Waals surface area (Å²) in [4.78, 5) is 18.7. The van der Waals surface area contributed by atoms with Crippen molar-refractivity contribution in [3.8, 4) is 10.6 Å². The second kappa shape index (κ2) is 7.34. The van der Waals surface area contributed by atoms with Crippen molar-refractivity contribution in [3.63, 3.8) is 0 Å². The van der Waals surface area contributed by atoms with Crippen LogP contribution in [-0.4, -0.2) is 25.0 Å². The fourth-order valence-corrected chi connectivity index (χ4v) is 4.11. The zero-order chi connectivity index (χ0) is 17.1. The molecule has 0 spiro atoms. The highest BCUT2D eigenvalue weighted by Crippen LogP contribution is 2.28. The molecule has 0 fully saturated rings. The summed E-state index contributed by atoms with van der Waals surface area (Å²) in [6, 6.07) is 7.51. The lowest BCUT2D eigenvalue weighted by molar-refractivity contribution is -0.115. The van der Waals surface area contributed by atoms with Gasteiger partial charge in [0.25, 0.3) is 0 Å². The molecule has 0 saturated heterocycles. The zero-order valence-corrected chi connectivity index (χ0v) is 15.6. The lowest BCUT2D eigenvalue weighted by Gasteiger charge is -2.15. The smallest absolute Gasteiger partial charge is 0.230 e. The van der Waals surface area contributed by atoms with Crippen molar-refractivity contribution in [1.29, 1.82) is 0 Å². The van der Waals surface area contributed by atoms with Gasteiger partial charge >= 0.3 is 0 Å². The highest BCUT2D eigenvalue weighted by Gasteiger charge is 2.11. The molecule has 0 bridgehead atoms. The Morgan fingerprint density at radius 1 is 1.29 bits per heavy atom. The van der Waals surface area contributed by atoms with E-state index in [2.05, 4.69) is 15.7 Å². The standard InChI is InChI=1S/C17H16ClN3OS2/c1-21(2)15-4-3-12(7-14(15)18)19-16(22)8-13-10-24-17(20-13)11-5-6-23-9-11/h3-7,9-10H,8H2,1-2H3,(H,19,22). The van der Waals surface area contributed by atoms with Gasteiger partial charge in [0.15, 0.2) is 0 Å². The number of benzene rings is 1. The number of thiophene rings is 1. The van der Waals surface area contributed by atoms with Gasteiger partial charge in [-0.05, 0) is 29.6 Å². The molecule has 3 rings (SSSR count). The van der Waals surface area contributed by atoms with Crippen LogP contribution in [0.1, 0.15) is 5.69 Å². The molecule has 0 atom stereocenters. The van der Waals surface area contributed by atoms with Crippen molar-refractivity contribution in [2.24, 2.45) is 0 Å². The normalized spacial score (nSPS) is 10.6. The van der Waals surface area contributed by atoms with Crippen LogP contribution in [0.2, 0.25) is 5.02 Å². The van der Waals surface area contributed by atoms with E-state index >= 15 is 0 Å². The summed E-state index contributed by atoms with van der Waals surface area (Å²) in [5.74, 6) is -0.106. The lowest BCUT2D eigenvalue weighted by atomic mass is 10.2. The average molecular weight is 378 g/mol. The molecule has 2 aromatic heterocycles. The molecule has 1 aromatic carbocycles. The molecule has 4 nitrogen and oxygen atoms in total. The minimum Gasteiger partial charge on any atom is -0.376 e. The highest BCUT2D eigenvalue weighted by atomic mass is 35.5. The topological polar surface area (TPSA) is 45.2 Å². The van der Waals surface area contributed by atoms with Crippen molar-refractivity contribution in [3.05, 3.63) is 51.1 Å². The molecule has 0 radical (unpaired) electrons. The SMILES string of the molecule is CN(C)c1ccc(NC(=O)Cc2csc(-c3ccsc3)n2)cc1Cl. The van der Waals surface area contributed by atoms with E-state index in [9.17, 15) is 4.79 Å². The van der Waals surface area contributed by atoms with Crippen LogP contribution in [0.15, 0.2) is 40.4 Å². The fourth-order valence-electron chi connectivity index (χ4n) is 2.22. The minimum atomic E-state index is -0.106. The van der Waals surface area contributed by atoms with E-state index in [1.165, 1.54) is 0 Å². The number of amides is 1. The maximum Gasteiger partial charge on any atom is 0.230 e.